The van der Waals surface area contributed by atoms with Crippen molar-refractivity contribution in [3.8, 4) is 11.5 Å². The number of rotatable bonds is 7. The van der Waals surface area contributed by atoms with Crippen molar-refractivity contribution < 1.29 is 14.7 Å². The molecule has 0 bridgehead atoms. The maximum Gasteiger partial charge on any atom is 0.328 e. The smallest absolute Gasteiger partial charge is 0.328 e. The Morgan fingerprint density at radius 1 is 1.00 bits per heavy atom. The van der Waals surface area contributed by atoms with E-state index in [2.05, 4.69) is 41.8 Å². The number of carbonyl (C=O) groups is 2. The van der Waals surface area contributed by atoms with E-state index in [-0.39, 0.29) is 5.91 Å². The van der Waals surface area contributed by atoms with Crippen molar-refractivity contribution in [2.75, 3.05) is 0 Å². The lowest BCUT2D eigenvalue weighted by atomic mass is 9.75. The maximum atomic E-state index is 13.9. The number of aromatic nitrogens is 5. The lowest BCUT2D eigenvalue weighted by molar-refractivity contribution is -0.131. The van der Waals surface area contributed by atoms with Crippen molar-refractivity contribution in [1.82, 2.24) is 29.4 Å². The topological polar surface area (TPSA) is 115 Å². The molecule has 0 spiro atoms. The molecular weight excluding hydrogens is 620 g/mol. The quantitative estimate of drug-likeness (QED) is 0.186. The van der Waals surface area contributed by atoms with Gasteiger partial charge in [0.2, 0.25) is 0 Å². The highest BCUT2D eigenvalue weighted by molar-refractivity contribution is 9.10. The Morgan fingerprint density at radius 3 is 2.43 bits per heavy atom. The minimum atomic E-state index is -0.996. The molecule has 3 aromatic heterocycles. The number of aryl methyl sites for hydroxylation is 2. The molecule has 2 aromatic carbocycles. The molecule has 7 rings (SSSR count). The normalized spacial score (nSPS) is 16.6. The summed E-state index contributed by atoms with van der Waals surface area (Å²) in [7, 11) is 4.01. The number of carboxylic acid groups (broad SMARTS) is 1. The average Bonchev–Trinajstić information content (AvgIpc) is 3.71. The van der Waals surface area contributed by atoms with E-state index in [1.54, 1.807) is 18.5 Å². The highest BCUT2D eigenvalue weighted by Gasteiger charge is 2.44. The van der Waals surface area contributed by atoms with E-state index in [0.717, 1.165) is 81.7 Å². The zero-order valence-corrected chi connectivity index (χ0v) is 26.3. The molecule has 0 aliphatic heterocycles. The number of carbonyl (C=O) groups excluding carboxylic acids is 1. The summed E-state index contributed by atoms with van der Waals surface area (Å²) in [6.45, 7) is 0. The number of imidazole rings is 1. The van der Waals surface area contributed by atoms with Crippen molar-refractivity contribution in [2.24, 2.45) is 14.1 Å². The second-order valence-electron chi connectivity index (χ2n) is 12.1. The third kappa shape index (κ3) is 4.81. The number of aliphatic carboxylic acids is 1. The van der Waals surface area contributed by atoms with Gasteiger partial charge in [0.1, 0.15) is 5.82 Å². The molecule has 1 amide bonds. The standard InChI is InChI=1S/C34H33BrN6O3/c1-40-27-17-22(10-11-24(27)29(21-6-3-4-7-21)30(40)31-36-18-23(35)19-37-31)32(44)39-34(14-5-15-34)33-38-25-16-20(9-13-28(42)43)8-12-26(25)41(33)2/h8-13,16-19,21H,3-7,14-15H2,1-2H3,(H,39,44)(H,42,43)/b13-9+. The van der Waals surface area contributed by atoms with E-state index in [1.807, 2.05) is 49.0 Å². The number of fused-ring (bicyclic) bond motifs is 2. The number of halogens is 1. The first-order chi connectivity index (χ1) is 21.2. The van der Waals surface area contributed by atoms with Gasteiger partial charge in [-0.3, -0.25) is 4.79 Å². The fourth-order valence-corrected chi connectivity index (χ4v) is 7.28. The Balaban J connectivity index is 1.24. The van der Waals surface area contributed by atoms with Gasteiger partial charge in [0.25, 0.3) is 5.91 Å². The van der Waals surface area contributed by atoms with Crippen molar-refractivity contribution in [3.05, 3.63) is 81.9 Å². The molecule has 44 heavy (non-hydrogen) atoms. The lowest BCUT2D eigenvalue weighted by Gasteiger charge is -2.41. The van der Waals surface area contributed by atoms with Crippen molar-refractivity contribution in [3.63, 3.8) is 0 Å². The van der Waals surface area contributed by atoms with Gasteiger partial charge in [-0.1, -0.05) is 25.0 Å². The van der Waals surface area contributed by atoms with Gasteiger partial charge in [0.05, 0.1) is 26.7 Å². The molecule has 0 radical (unpaired) electrons. The molecule has 2 saturated carbocycles. The summed E-state index contributed by atoms with van der Waals surface area (Å²) in [4.78, 5) is 39.1. The van der Waals surface area contributed by atoms with Crippen molar-refractivity contribution in [2.45, 2.75) is 56.4 Å². The van der Waals surface area contributed by atoms with E-state index in [9.17, 15) is 9.59 Å². The number of nitrogens with zero attached hydrogens (tertiary/aromatic N) is 5. The van der Waals surface area contributed by atoms with Crippen LogP contribution in [0.5, 0.6) is 0 Å². The van der Waals surface area contributed by atoms with Gasteiger partial charge < -0.3 is 19.6 Å². The monoisotopic (exact) mass is 652 g/mol. The summed E-state index contributed by atoms with van der Waals surface area (Å²) >= 11 is 3.46. The first-order valence-electron chi connectivity index (χ1n) is 15.0. The number of carboxylic acids is 1. The summed E-state index contributed by atoms with van der Waals surface area (Å²) in [5, 5.41) is 13.5. The molecule has 0 atom stereocenters. The van der Waals surface area contributed by atoms with Crippen LogP contribution >= 0.6 is 15.9 Å². The Labute approximate surface area is 263 Å². The highest BCUT2D eigenvalue weighted by atomic mass is 79.9. The van der Waals surface area contributed by atoms with E-state index >= 15 is 0 Å². The third-order valence-electron chi connectivity index (χ3n) is 9.41. The molecule has 0 unspecified atom stereocenters. The van der Waals surface area contributed by atoms with E-state index in [1.165, 1.54) is 18.4 Å². The Hall–Kier alpha value is -4.31. The van der Waals surface area contributed by atoms with Crippen LogP contribution in [-0.2, 0) is 24.4 Å². The fraction of sp³-hybridized carbons (Fsp3) is 0.324. The number of benzene rings is 2. The first-order valence-corrected chi connectivity index (χ1v) is 15.8. The Kier molecular flexibility index (Phi) is 7.11. The second-order valence-corrected chi connectivity index (χ2v) is 13.0. The van der Waals surface area contributed by atoms with Gasteiger partial charge in [-0.05, 0) is 95.4 Å². The summed E-state index contributed by atoms with van der Waals surface area (Å²) in [6, 6.07) is 11.7. The van der Waals surface area contributed by atoms with Crippen LogP contribution in [0.25, 0.3) is 39.5 Å². The van der Waals surface area contributed by atoms with E-state index in [4.69, 9.17) is 10.1 Å². The number of amides is 1. The third-order valence-corrected chi connectivity index (χ3v) is 9.82. The summed E-state index contributed by atoms with van der Waals surface area (Å²) < 4.78 is 5.02. The number of hydrogen-bond acceptors (Lipinski definition) is 5. The lowest BCUT2D eigenvalue weighted by Crippen LogP contribution is -2.52. The fourth-order valence-electron chi connectivity index (χ4n) is 7.08. The molecule has 2 fully saturated rings. The Bertz CT molecular complexity index is 1960. The minimum absolute atomic E-state index is 0.131. The molecule has 2 N–H and O–H groups in total. The zero-order valence-electron chi connectivity index (χ0n) is 24.7. The van der Waals surface area contributed by atoms with E-state index in [0.29, 0.717) is 17.3 Å². The maximum absolute atomic E-state index is 13.9. The minimum Gasteiger partial charge on any atom is -0.478 e. The summed E-state index contributed by atoms with van der Waals surface area (Å²) in [5.74, 6) is 0.815. The van der Waals surface area contributed by atoms with Crippen molar-refractivity contribution >= 4 is 55.8 Å². The molecule has 9 nitrogen and oxygen atoms in total. The van der Waals surface area contributed by atoms with Gasteiger partial charge in [-0.25, -0.2) is 19.7 Å². The van der Waals surface area contributed by atoms with Gasteiger partial charge >= 0.3 is 5.97 Å². The van der Waals surface area contributed by atoms with Gasteiger partial charge in [0.15, 0.2) is 5.82 Å². The van der Waals surface area contributed by atoms with Gasteiger partial charge in [-0.2, -0.15) is 0 Å². The molecule has 5 aromatic rings. The molecule has 10 heteroatoms. The van der Waals surface area contributed by atoms with E-state index < -0.39 is 11.5 Å². The van der Waals surface area contributed by atoms with Crippen LogP contribution in [0.4, 0.5) is 0 Å². The zero-order chi connectivity index (χ0) is 30.6. The summed E-state index contributed by atoms with van der Waals surface area (Å²) in [6.07, 6.45) is 13.5. The molecule has 0 saturated heterocycles. The molecule has 2 aliphatic rings. The average molecular weight is 654 g/mol. The molecular formula is C34H33BrN6O3. The predicted octanol–water partition coefficient (Wildman–Crippen LogP) is 6.85. The van der Waals surface area contributed by atoms with Gasteiger partial charge in [0, 0.05) is 49.0 Å². The molecule has 224 valence electrons. The van der Waals surface area contributed by atoms with Gasteiger partial charge in [-0.15, -0.1) is 0 Å². The summed E-state index contributed by atoms with van der Waals surface area (Å²) in [5.41, 5.74) is 5.78. The Morgan fingerprint density at radius 2 is 1.75 bits per heavy atom. The van der Waals surface area contributed by atoms with Crippen LogP contribution in [0.3, 0.4) is 0 Å². The van der Waals surface area contributed by atoms with Crippen LogP contribution in [-0.4, -0.2) is 41.1 Å². The second kappa shape index (κ2) is 11.0. The van der Waals surface area contributed by atoms with Crippen molar-refractivity contribution in [1.29, 1.82) is 0 Å². The van der Waals surface area contributed by atoms with Crippen LogP contribution in [0.15, 0.2) is 59.3 Å². The first kappa shape index (κ1) is 28.5. The predicted molar refractivity (Wildman–Crippen MR) is 173 cm³/mol. The number of hydrogen-bond donors (Lipinski definition) is 2. The van der Waals surface area contributed by atoms with Crippen LogP contribution < -0.4 is 5.32 Å². The largest absolute Gasteiger partial charge is 0.478 e. The molecule has 2 aliphatic carbocycles. The van der Waals surface area contributed by atoms with Crippen LogP contribution in [0, 0.1) is 0 Å². The SMILES string of the molecule is Cn1c(C2(NC(=O)c3ccc4c(C5CCCC5)c(-c5ncc(Br)cn5)n(C)c4c3)CCC2)nc2cc(/C=C/C(=O)O)ccc21. The number of nitrogens with one attached hydrogen (secondary N) is 1. The van der Waals surface area contributed by atoms with Crippen LogP contribution in [0.1, 0.15) is 78.2 Å². The molecule has 3 heterocycles. The highest BCUT2D eigenvalue weighted by Crippen LogP contribution is 2.45. The van der Waals surface area contributed by atoms with Crippen LogP contribution in [0.2, 0.25) is 0 Å².